The summed E-state index contributed by atoms with van der Waals surface area (Å²) < 4.78 is 3.81. The zero-order valence-electron chi connectivity index (χ0n) is 16.0. The van der Waals surface area contributed by atoms with Crippen LogP contribution in [-0.2, 0) is 17.9 Å². The SMILES string of the molecule is Cc1nnnn1CCC(=O)N1CCC[C@H](c2nccn2Cc2ccccn2)C1. The number of carbonyl (C=O) groups excluding carboxylic acids is 1. The third-order valence-electron chi connectivity index (χ3n) is 5.19. The standard InChI is InChI=1S/C19H24N8O/c1-15-22-23-24-27(15)11-7-18(28)25-10-4-5-16(13-25)19-21-9-12-26(19)14-17-6-2-3-8-20-17/h2-3,6,8-9,12,16H,4-5,7,10-11,13-14H2,1H3/t16-/m0/s1. The number of pyridine rings is 1. The van der Waals surface area contributed by atoms with E-state index < -0.39 is 0 Å². The molecular weight excluding hydrogens is 356 g/mol. The van der Waals surface area contributed by atoms with Gasteiger partial charge in [0.25, 0.3) is 0 Å². The fourth-order valence-electron chi connectivity index (χ4n) is 3.71. The van der Waals surface area contributed by atoms with Crippen molar-refractivity contribution in [2.75, 3.05) is 13.1 Å². The molecule has 1 aliphatic rings. The molecule has 9 nitrogen and oxygen atoms in total. The van der Waals surface area contributed by atoms with Crippen LogP contribution in [0, 0.1) is 6.92 Å². The van der Waals surface area contributed by atoms with Crippen LogP contribution in [-0.4, -0.2) is 58.6 Å². The Morgan fingerprint density at radius 2 is 2.18 bits per heavy atom. The Morgan fingerprint density at radius 1 is 1.25 bits per heavy atom. The molecular formula is C19H24N8O. The van der Waals surface area contributed by atoms with E-state index in [1.165, 1.54) is 0 Å². The van der Waals surface area contributed by atoms with Crippen LogP contribution in [0.15, 0.2) is 36.8 Å². The molecule has 28 heavy (non-hydrogen) atoms. The summed E-state index contributed by atoms with van der Waals surface area (Å²) in [5, 5.41) is 11.4. The number of carbonyl (C=O) groups is 1. The van der Waals surface area contributed by atoms with Gasteiger partial charge in [-0.2, -0.15) is 0 Å². The molecule has 3 aromatic rings. The molecule has 0 aliphatic carbocycles. The van der Waals surface area contributed by atoms with Crippen LogP contribution >= 0.6 is 0 Å². The topological polar surface area (TPSA) is 94.6 Å². The average Bonchev–Trinajstić information content (AvgIpc) is 3.36. The van der Waals surface area contributed by atoms with Gasteiger partial charge in [-0.25, -0.2) is 9.67 Å². The Morgan fingerprint density at radius 3 is 2.96 bits per heavy atom. The number of hydrogen-bond acceptors (Lipinski definition) is 6. The van der Waals surface area contributed by atoms with Crippen LogP contribution in [0.3, 0.4) is 0 Å². The van der Waals surface area contributed by atoms with E-state index in [0.29, 0.717) is 26.1 Å². The summed E-state index contributed by atoms with van der Waals surface area (Å²) in [6.07, 6.45) is 8.05. The van der Waals surface area contributed by atoms with Gasteiger partial charge in [0.15, 0.2) is 0 Å². The summed E-state index contributed by atoms with van der Waals surface area (Å²) in [5.74, 6) is 2.13. The van der Waals surface area contributed by atoms with Gasteiger partial charge in [0.2, 0.25) is 5.91 Å². The van der Waals surface area contributed by atoms with E-state index in [1.807, 2.05) is 42.4 Å². The molecule has 0 spiro atoms. The highest BCUT2D eigenvalue weighted by atomic mass is 16.2. The van der Waals surface area contributed by atoms with Crippen molar-refractivity contribution in [3.63, 3.8) is 0 Å². The highest BCUT2D eigenvalue weighted by Gasteiger charge is 2.27. The number of tetrazole rings is 1. The Hall–Kier alpha value is -3.10. The summed E-state index contributed by atoms with van der Waals surface area (Å²) >= 11 is 0. The molecule has 1 fully saturated rings. The van der Waals surface area contributed by atoms with Crippen molar-refractivity contribution in [3.8, 4) is 0 Å². The van der Waals surface area contributed by atoms with Gasteiger partial charge in [0.05, 0.1) is 18.8 Å². The number of aromatic nitrogens is 7. The van der Waals surface area contributed by atoms with Crippen LogP contribution in [0.4, 0.5) is 0 Å². The van der Waals surface area contributed by atoms with Crippen molar-refractivity contribution in [1.82, 2.24) is 39.6 Å². The van der Waals surface area contributed by atoms with E-state index in [9.17, 15) is 4.79 Å². The van der Waals surface area contributed by atoms with Crippen molar-refractivity contribution in [2.24, 2.45) is 0 Å². The number of likely N-dealkylation sites (tertiary alicyclic amines) is 1. The number of amides is 1. The third-order valence-corrected chi connectivity index (χ3v) is 5.19. The largest absolute Gasteiger partial charge is 0.342 e. The molecule has 0 N–H and O–H groups in total. The molecule has 0 unspecified atom stereocenters. The van der Waals surface area contributed by atoms with Crippen molar-refractivity contribution in [2.45, 2.75) is 45.2 Å². The molecule has 0 radical (unpaired) electrons. The lowest BCUT2D eigenvalue weighted by Gasteiger charge is -2.32. The van der Waals surface area contributed by atoms with Crippen molar-refractivity contribution < 1.29 is 4.79 Å². The van der Waals surface area contributed by atoms with Gasteiger partial charge in [-0.3, -0.25) is 9.78 Å². The molecule has 0 bridgehead atoms. The summed E-state index contributed by atoms with van der Waals surface area (Å²) in [6.45, 7) is 4.53. The van der Waals surface area contributed by atoms with E-state index >= 15 is 0 Å². The first kappa shape index (κ1) is 18.3. The number of nitrogens with zero attached hydrogens (tertiary/aromatic N) is 8. The first-order valence-electron chi connectivity index (χ1n) is 9.62. The van der Waals surface area contributed by atoms with Crippen LogP contribution < -0.4 is 0 Å². The predicted octanol–water partition coefficient (Wildman–Crippen LogP) is 1.42. The second kappa shape index (κ2) is 8.28. The first-order valence-corrected chi connectivity index (χ1v) is 9.62. The summed E-state index contributed by atoms with van der Waals surface area (Å²) in [5.41, 5.74) is 1.00. The second-order valence-corrected chi connectivity index (χ2v) is 7.11. The smallest absolute Gasteiger partial charge is 0.224 e. The van der Waals surface area contributed by atoms with E-state index in [4.69, 9.17) is 0 Å². The quantitative estimate of drug-likeness (QED) is 0.642. The van der Waals surface area contributed by atoms with Crippen LogP contribution in [0.25, 0.3) is 0 Å². The highest BCUT2D eigenvalue weighted by molar-refractivity contribution is 5.76. The third kappa shape index (κ3) is 4.08. The van der Waals surface area contributed by atoms with Crippen LogP contribution in [0.2, 0.25) is 0 Å². The second-order valence-electron chi connectivity index (χ2n) is 7.11. The zero-order chi connectivity index (χ0) is 19.3. The minimum atomic E-state index is 0.141. The lowest BCUT2D eigenvalue weighted by atomic mass is 9.96. The summed E-state index contributed by atoms with van der Waals surface area (Å²) in [4.78, 5) is 23.7. The Labute approximate surface area is 163 Å². The Kier molecular flexibility index (Phi) is 5.41. The number of hydrogen-bond donors (Lipinski definition) is 0. The van der Waals surface area contributed by atoms with Crippen molar-refractivity contribution in [3.05, 3.63) is 54.1 Å². The normalized spacial score (nSPS) is 17.0. The summed E-state index contributed by atoms with van der Waals surface area (Å²) in [6, 6.07) is 5.92. The number of imidazole rings is 1. The highest BCUT2D eigenvalue weighted by Crippen LogP contribution is 2.26. The zero-order valence-corrected chi connectivity index (χ0v) is 16.0. The van der Waals surface area contributed by atoms with E-state index in [-0.39, 0.29) is 11.8 Å². The molecule has 1 aliphatic heterocycles. The lowest BCUT2D eigenvalue weighted by Crippen LogP contribution is -2.40. The van der Waals surface area contributed by atoms with Gasteiger partial charge < -0.3 is 9.47 Å². The lowest BCUT2D eigenvalue weighted by molar-refractivity contribution is -0.132. The minimum absolute atomic E-state index is 0.141. The molecule has 146 valence electrons. The van der Waals surface area contributed by atoms with Gasteiger partial charge in [-0.05, 0) is 42.3 Å². The number of piperidine rings is 1. The van der Waals surface area contributed by atoms with E-state index in [0.717, 1.165) is 36.7 Å². The van der Waals surface area contributed by atoms with Gasteiger partial charge in [0.1, 0.15) is 11.6 Å². The Bertz CT molecular complexity index is 919. The van der Waals surface area contributed by atoms with Gasteiger partial charge in [-0.15, -0.1) is 5.10 Å². The fourth-order valence-corrected chi connectivity index (χ4v) is 3.71. The molecule has 0 saturated carbocycles. The molecule has 4 rings (SSSR count). The molecule has 9 heteroatoms. The molecule has 1 saturated heterocycles. The molecule has 4 heterocycles. The number of aryl methyl sites for hydroxylation is 2. The number of rotatable bonds is 6. The molecule has 0 aromatic carbocycles. The molecule has 1 atom stereocenters. The minimum Gasteiger partial charge on any atom is -0.342 e. The fraction of sp³-hybridized carbons (Fsp3) is 0.474. The summed E-state index contributed by atoms with van der Waals surface area (Å²) in [7, 11) is 0. The van der Waals surface area contributed by atoms with Crippen molar-refractivity contribution in [1.29, 1.82) is 0 Å². The van der Waals surface area contributed by atoms with E-state index in [1.54, 1.807) is 10.9 Å². The molecule has 1 amide bonds. The van der Waals surface area contributed by atoms with Gasteiger partial charge in [0, 0.05) is 44.0 Å². The van der Waals surface area contributed by atoms with Gasteiger partial charge >= 0.3 is 0 Å². The maximum absolute atomic E-state index is 12.7. The Balaban J connectivity index is 1.39. The predicted molar refractivity (Wildman–Crippen MR) is 101 cm³/mol. The first-order chi connectivity index (χ1) is 13.7. The molecule has 3 aromatic heterocycles. The average molecular weight is 380 g/mol. The van der Waals surface area contributed by atoms with Crippen LogP contribution in [0.1, 0.15) is 42.5 Å². The maximum atomic E-state index is 12.7. The monoisotopic (exact) mass is 380 g/mol. The maximum Gasteiger partial charge on any atom is 0.224 e. The van der Waals surface area contributed by atoms with Gasteiger partial charge in [-0.1, -0.05) is 6.07 Å². The van der Waals surface area contributed by atoms with Crippen LogP contribution in [0.5, 0.6) is 0 Å². The van der Waals surface area contributed by atoms with E-state index in [2.05, 4.69) is 30.1 Å². The van der Waals surface area contributed by atoms with Crippen molar-refractivity contribution >= 4 is 5.91 Å².